The van der Waals surface area contributed by atoms with Crippen molar-refractivity contribution in [3.8, 4) is 0 Å². The lowest BCUT2D eigenvalue weighted by Crippen LogP contribution is -2.31. The number of methoxy groups -OCH3 is 1. The summed E-state index contributed by atoms with van der Waals surface area (Å²) >= 11 is 0. The van der Waals surface area contributed by atoms with Gasteiger partial charge in [0.05, 0.1) is 5.60 Å². The second-order valence-electron chi connectivity index (χ2n) is 5.99. The van der Waals surface area contributed by atoms with Gasteiger partial charge >= 0.3 is 0 Å². The van der Waals surface area contributed by atoms with Crippen LogP contribution in [0, 0.1) is 0 Å². The molecule has 0 heterocycles. The third kappa shape index (κ3) is 4.69. The third-order valence-electron chi connectivity index (χ3n) is 3.34. The predicted octanol–water partition coefficient (Wildman–Crippen LogP) is 4.43. The lowest BCUT2D eigenvalue weighted by molar-refractivity contribution is 0.0128. The zero-order chi connectivity index (χ0) is 13.8. The average molecular weight is 249 g/mol. The molecule has 1 aromatic rings. The molecule has 0 fully saturated rings. The minimum Gasteiger partial charge on any atom is -0.382 e. The topological polar surface area (TPSA) is 21.3 Å². The summed E-state index contributed by atoms with van der Waals surface area (Å²) in [6.07, 6.45) is 0.982. The molecule has 2 nitrogen and oxygen atoms in total. The molecule has 1 aromatic carbocycles. The minimum atomic E-state index is -0.0791. The molecule has 1 atom stereocenters. The van der Waals surface area contributed by atoms with Gasteiger partial charge in [-0.3, -0.25) is 0 Å². The Morgan fingerprint density at radius 3 is 2.11 bits per heavy atom. The van der Waals surface area contributed by atoms with Gasteiger partial charge in [0.25, 0.3) is 0 Å². The van der Waals surface area contributed by atoms with Gasteiger partial charge in [-0.1, -0.05) is 26.0 Å². The molecule has 1 N–H and O–H groups in total. The first-order valence-electron chi connectivity index (χ1n) is 6.75. The summed E-state index contributed by atoms with van der Waals surface area (Å²) in [6.45, 7) is 10.9. The standard InChI is InChI=1S/C16H27NO/c1-12(2)14-7-9-15(10-8-14)17-13(3)11-16(4,5)18-6/h7-10,12-13,17H,11H2,1-6H3. The molecule has 0 aromatic heterocycles. The molecule has 0 radical (unpaired) electrons. The molecule has 0 saturated heterocycles. The average Bonchev–Trinajstić information content (AvgIpc) is 2.29. The van der Waals surface area contributed by atoms with E-state index in [-0.39, 0.29) is 5.60 Å². The third-order valence-corrected chi connectivity index (χ3v) is 3.34. The molecule has 0 amide bonds. The minimum absolute atomic E-state index is 0.0791. The molecule has 1 rings (SSSR count). The van der Waals surface area contributed by atoms with E-state index in [4.69, 9.17) is 4.74 Å². The molecule has 18 heavy (non-hydrogen) atoms. The second kappa shape index (κ2) is 6.24. The van der Waals surface area contributed by atoms with E-state index in [1.54, 1.807) is 7.11 Å². The fraction of sp³-hybridized carbons (Fsp3) is 0.625. The summed E-state index contributed by atoms with van der Waals surface area (Å²) in [7, 11) is 1.77. The van der Waals surface area contributed by atoms with Crippen molar-refractivity contribution in [3.63, 3.8) is 0 Å². The quantitative estimate of drug-likeness (QED) is 0.805. The van der Waals surface area contributed by atoms with Gasteiger partial charge in [0.1, 0.15) is 0 Å². The van der Waals surface area contributed by atoms with Crippen molar-refractivity contribution >= 4 is 5.69 Å². The molecule has 0 saturated carbocycles. The number of anilines is 1. The highest BCUT2D eigenvalue weighted by Gasteiger charge is 2.19. The molecule has 2 heteroatoms. The monoisotopic (exact) mass is 249 g/mol. The maximum absolute atomic E-state index is 5.46. The molecular formula is C16H27NO. The van der Waals surface area contributed by atoms with Gasteiger partial charge in [0.15, 0.2) is 0 Å². The zero-order valence-electron chi connectivity index (χ0n) is 12.6. The Hall–Kier alpha value is -1.02. The van der Waals surface area contributed by atoms with Crippen molar-refractivity contribution in [3.05, 3.63) is 29.8 Å². The van der Waals surface area contributed by atoms with E-state index in [0.717, 1.165) is 6.42 Å². The van der Waals surface area contributed by atoms with Crippen LogP contribution in [-0.4, -0.2) is 18.8 Å². The lowest BCUT2D eigenvalue weighted by atomic mass is 9.99. The zero-order valence-corrected chi connectivity index (χ0v) is 12.6. The SMILES string of the molecule is COC(C)(C)CC(C)Nc1ccc(C(C)C)cc1. The summed E-state index contributed by atoms with van der Waals surface area (Å²) < 4.78 is 5.46. The van der Waals surface area contributed by atoms with E-state index in [9.17, 15) is 0 Å². The van der Waals surface area contributed by atoms with Crippen molar-refractivity contribution in [2.24, 2.45) is 0 Å². The maximum Gasteiger partial charge on any atom is 0.0642 e. The Labute approximate surface area is 112 Å². The van der Waals surface area contributed by atoms with E-state index in [1.165, 1.54) is 11.3 Å². The highest BCUT2D eigenvalue weighted by atomic mass is 16.5. The van der Waals surface area contributed by atoms with Crippen molar-refractivity contribution in [2.75, 3.05) is 12.4 Å². The Balaban J connectivity index is 2.57. The van der Waals surface area contributed by atoms with Crippen LogP contribution < -0.4 is 5.32 Å². The number of hydrogen-bond donors (Lipinski definition) is 1. The molecular weight excluding hydrogens is 222 g/mol. The Kier molecular flexibility index (Phi) is 5.21. The highest BCUT2D eigenvalue weighted by Crippen LogP contribution is 2.21. The number of nitrogens with one attached hydrogen (secondary N) is 1. The fourth-order valence-corrected chi connectivity index (χ4v) is 2.12. The van der Waals surface area contributed by atoms with Gasteiger partial charge in [-0.05, 0) is 50.8 Å². The Bertz CT molecular complexity index is 354. The van der Waals surface area contributed by atoms with Crippen molar-refractivity contribution in [1.29, 1.82) is 0 Å². The normalized spacial score (nSPS) is 13.7. The molecule has 102 valence electrons. The van der Waals surface area contributed by atoms with E-state index in [1.807, 2.05) is 0 Å². The first-order chi connectivity index (χ1) is 8.34. The molecule has 0 aliphatic heterocycles. The van der Waals surface area contributed by atoms with Crippen LogP contribution in [0.4, 0.5) is 5.69 Å². The second-order valence-corrected chi connectivity index (χ2v) is 5.99. The van der Waals surface area contributed by atoms with Crippen LogP contribution >= 0.6 is 0 Å². The van der Waals surface area contributed by atoms with Crippen LogP contribution in [0.1, 0.15) is 52.5 Å². The van der Waals surface area contributed by atoms with Gasteiger partial charge in [-0.2, -0.15) is 0 Å². The molecule has 0 aliphatic rings. The van der Waals surface area contributed by atoms with Crippen LogP contribution in [-0.2, 0) is 4.74 Å². The molecule has 1 unspecified atom stereocenters. The van der Waals surface area contributed by atoms with Crippen molar-refractivity contribution < 1.29 is 4.74 Å². The van der Waals surface area contributed by atoms with Crippen LogP contribution in [0.3, 0.4) is 0 Å². The number of benzene rings is 1. The van der Waals surface area contributed by atoms with E-state index in [0.29, 0.717) is 12.0 Å². The number of hydrogen-bond acceptors (Lipinski definition) is 2. The molecule has 0 aliphatic carbocycles. The van der Waals surface area contributed by atoms with Gasteiger partial charge < -0.3 is 10.1 Å². The molecule has 0 bridgehead atoms. The summed E-state index contributed by atoms with van der Waals surface area (Å²) in [5.74, 6) is 0.587. The summed E-state index contributed by atoms with van der Waals surface area (Å²) in [6, 6.07) is 9.10. The maximum atomic E-state index is 5.46. The fourth-order valence-electron chi connectivity index (χ4n) is 2.12. The number of rotatable bonds is 6. The smallest absolute Gasteiger partial charge is 0.0642 e. The largest absolute Gasteiger partial charge is 0.382 e. The number of ether oxygens (including phenoxy) is 1. The summed E-state index contributed by atoms with van der Waals surface area (Å²) in [4.78, 5) is 0. The Morgan fingerprint density at radius 2 is 1.67 bits per heavy atom. The van der Waals surface area contributed by atoms with Gasteiger partial charge in [0.2, 0.25) is 0 Å². The summed E-state index contributed by atoms with van der Waals surface area (Å²) in [5.41, 5.74) is 2.48. The van der Waals surface area contributed by atoms with Gasteiger partial charge in [-0.15, -0.1) is 0 Å². The first kappa shape index (κ1) is 15.0. The summed E-state index contributed by atoms with van der Waals surface area (Å²) in [5, 5.41) is 3.52. The lowest BCUT2D eigenvalue weighted by Gasteiger charge is -2.27. The van der Waals surface area contributed by atoms with E-state index >= 15 is 0 Å². The van der Waals surface area contributed by atoms with Crippen LogP contribution in [0.5, 0.6) is 0 Å². The predicted molar refractivity (Wildman–Crippen MR) is 79.3 cm³/mol. The van der Waals surface area contributed by atoms with Crippen molar-refractivity contribution in [1.82, 2.24) is 0 Å². The van der Waals surface area contributed by atoms with Crippen molar-refractivity contribution in [2.45, 2.75) is 58.6 Å². The van der Waals surface area contributed by atoms with Gasteiger partial charge in [-0.25, -0.2) is 0 Å². The highest BCUT2D eigenvalue weighted by molar-refractivity contribution is 5.45. The first-order valence-corrected chi connectivity index (χ1v) is 6.75. The molecule has 0 spiro atoms. The van der Waals surface area contributed by atoms with Gasteiger partial charge in [0, 0.05) is 18.8 Å². The van der Waals surface area contributed by atoms with Crippen LogP contribution in [0.15, 0.2) is 24.3 Å². The van der Waals surface area contributed by atoms with Crippen LogP contribution in [0.2, 0.25) is 0 Å². The van der Waals surface area contributed by atoms with E-state index in [2.05, 4.69) is 64.2 Å². The Morgan fingerprint density at radius 1 is 1.11 bits per heavy atom. The van der Waals surface area contributed by atoms with Crippen LogP contribution in [0.25, 0.3) is 0 Å². The van der Waals surface area contributed by atoms with E-state index < -0.39 is 0 Å².